The van der Waals surface area contributed by atoms with Crippen LogP contribution in [0.3, 0.4) is 0 Å². The summed E-state index contributed by atoms with van der Waals surface area (Å²) in [5.41, 5.74) is -0.104. The molecule has 2 fully saturated rings. The molecule has 0 bridgehead atoms. The lowest BCUT2D eigenvalue weighted by Gasteiger charge is -2.47. The summed E-state index contributed by atoms with van der Waals surface area (Å²) in [4.78, 5) is 0. The maximum atomic E-state index is 13.2. The average molecular weight is 216 g/mol. The van der Waals surface area contributed by atoms with Crippen LogP contribution < -0.4 is 0 Å². The molecule has 0 amide bonds. The molecule has 0 aliphatic heterocycles. The summed E-state index contributed by atoms with van der Waals surface area (Å²) in [6, 6.07) is 0. The highest BCUT2D eigenvalue weighted by molar-refractivity contribution is 5.13. The van der Waals surface area contributed by atoms with Crippen LogP contribution in [-0.4, -0.2) is 5.92 Å². The molecule has 0 atom stereocenters. The van der Waals surface area contributed by atoms with Crippen LogP contribution in [0, 0.1) is 16.2 Å². The maximum absolute atomic E-state index is 13.2. The zero-order chi connectivity index (χ0) is 11.5. The van der Waals surface area contributed by atoms with Crippen LogP contribution in [0.4, 0.5) is 8.78 Å². The van der Waals surface area contributed by atoms with Gasteiger partial charge in [0, 0.05) is 11.8 Å². The molecular weight excluding hydrogens is 194 g/mol. The minimum absolute atomic E-state index is 0.153. The molecule has 2 aliphatic carbocycles. The van der Waals surface area contributed by atoms with Crippen molar-refractivity contribution in [2.75, 3.05) is 0 Å². The molecule has 0 unspecified atom stereocenters. The number of hydrogen-bond donors (Lipinski definition) is 0. The number of halogens is 2. The van der Waals surface area contributed by atoms with Gasteiger partial charge >= 0.3 is 0 Å². The Labute approximate surface area is 91.4 Å². The standard InChI is InChI=1S/C13H22F2/c1-10(2,3)11(4)5-7-12(8-6-11)9-13(12,14)15/h5-9H2,1-4H3. The van der Waals surface area contributed by atoms with Gasteiger partial charge in [-0.25, -0.2) is 8.78 Å². The Kier molecular flexibility index (Phi) is 2.08. The molecule has 15 heavy (non-hydrogen) atoms. The van der Waals surface area contributed by atoms with Gasteiger partial charge < -0.3 is 0 Å². The largest absolute Gasteiger partial charge is 0.254 e. The molecule has 2 heteroatoms. The SMILES string of the molecule is CC(C)(C)C1(C)CCC2(CC1)CC2(F)F. The molecule has 0 aromatic heterocycles. The Bertz CT molecular complexity index is 265. The first-order chi connectivity index (χ1) is 6.62. The van der Waals surface area contributed by atoms with E-state index in [1.54, 1.807) is 0 Å². The van der Waals surface area contributed by atoms with Crippen LogP contribution in [0.5, 0.6) is 0 Å². The van der Waals surface area contributed by atoms with E-state index in [-0.39, 0.29) is 17.3 Å². The molecule has 88 valence electrons. The first-order valence-electron chi connectivity index (χ1n) is 6.00. The first-order valence-corrected chi connectivity index (χ1v) is 6.00. The van der Waals surface area contributed by atoms with Crippen molar-refractivity contribution in [3.63, 3.8) is 0 Å². The van der Waals surface area contributed by atoms with Gasteiger partial charge in [-0.3, -0.25) is 0 Å². The third-order valence-corrected chi connectivity index (χ3v) is 5.33. The molecule has 0 heterocycles. The quantitative estimate of drug-likeness (QED) is 0.553. The summed E-state index contributed by atoms with van der Waals surface area (Å²) < 4.78 is 26.4. The predicted octanol–water partition coefficient (Wildman–Crippen LogP) is 4.64. The molecule has 2 aliphatic rings. The van der Waals surface area contributed by atoms with Crippen molar-refractivity contribution in [3.05, 3.63) is 0 Å². The minimum Gasteiger partial charge on any atom is -0.206 e. The van der Waals surface area contributed by atoms with Crippen LogP contribution >= 0.6 is 0 Å². The van der Waals surface area contributed by atoms with Crippen molar-refractivity contribution in [2.45, 2.75) is 65.7 Å². The fourth-order valence-corrected chi connectivity index (χ4v) is 2.95. The predicted molar refractivity (Wildman–Crippen MR) is 58.0 cm³/mol. The van der Waals surface area contributed by atoms with Gasteiger partial charge in [-0.1, -0.05) is 27.7 Å². The first kappa shape index (κ1) is 11.3. The van der Waals surface area contributed by atoms with Crippen molar-refractivity contribution in [1.29, 1.82) is 0 Å². The maximum Gasteiger partial charge on any atom is 0.254 e. The van der Waals surface area contributed by atoms with Gasteiger partial charge in [-0.15, -0.1) is 0 Å². The molecule has 0 N–H and O–H groups in total. The van der Waals surface area contributed by atoms with E-state index in [9.17, 15) is 8.78 Å². The second-order valence-corrected chi connectivity index (χ2v) is 6.97. The van der Waals surface area contributed by atoms with E-state index < -0.39 is 11.3 Å². The highest BCUT2D eigenvalue weighted by Gasteiger charge is 2.71. The van der Waals surface area contributed by atoms with E-state index in [2.05, 4.69) is 27.7 Å². The number of alkyl halides is 2. The molecule has 2 rings (SSSR count). The van der Waals surface area contributed by atoms with Gasteiger partial charge in [0.25, 0.3) is 5.92 Å². The third-order valence-electron chi connectivity index (χ3n) is 5.33. The zero-order valence-corrected chi connectivity index (χ0v) is 10.3. The Morgan fingerprint density at radius 3 is 1.60 bits per heavy atom. The lowest BCUT2D eigenvalue weighted by Crippen LogP contribution is -2.38. The van der Waals surface area contributed by atoms with Crippen LogP contribution in [0.25, 0.3) is 0 Å². The monoisotopic (exact) mass is 216 g/mol. The summed E-state index contributed by atoms with van der Waals surface area (Å²) in [5, 5.41) is 0. The Morgan fingerprint density at radius 1 is 0.933 bits per heavy atom. The minimum atomic E-state index is -2.34. The lowest BCUT2D eigenvalue weighted by molar-refractivity contribution is -0.0116. The van der Waals surface area contributed by atoms with Gasteiger partial charge in [-0.05, 0) is 36.5 Å². The highest BCUT2D eigenvalue weighted by atomic mass is 19.3. The van der Waals surface area contributed by atoms with Crippen molar-refractivity contribution in [1.82, 2.24) is 0 Å². The summed E-state index contributed by atoms with van der Waals surface area (Å²) in [6.07, 6.45) is 3.54. The van der Waals surface area contributed by atoms with Gasteiger partial charge in [-0.2, -0.15) is 0 Å². The molecular formula is C13H22F2. The van der Waals surface area contributed by atoms with Crippen molar-refractivity contribution in [2.24, 2.45) is 16.2 Å². The lowest BCUT2D eigenvalue weighted by atomic mass is 9.58. The zero-order valence-electron chi connectivity index (χ0n) is 10.3. The van der Waals surface area contributed by atoms with Gasteiger partial charge in [0.05, 0.1) is 0 Å². The van der Waals surface area contributed by atoms with E-state index in [1.165, 1.54) is 0 Å². The molecule has 0 radical (unpaired) electrons. The van der Waals surface area contributed by atoms with Crippen molar-refractivity contribution in [3.8, 4) is 0 Å². The fraction of sp³-hybridized carbons (Fsp3) is 1.00. The fourth-order valence-electron chi connectivity index (χ4n) is 2.95. The van der Waals surface area contributed by atoms with Crippen molar-refractivity contribution < 1.29 is 8.78 Å². The molecule has 0 aromatic carbocycles. The van der Waals surface area contributed by atoms with Crippen LogP contribution in [-0.2, 0) is 0 Å². The van der Waals surface area contributed by atoms with Gasteiger partial charge in [0.15, 0.2) is 0 Å². The van der Waals surface area contributed by atoms with Crippen molar-refractivity contribution >= 4 is 0 Å². The van der Waals surface area contributed by atoms with Crippen LogP contribution in [0.1, 0.15) is 59.8 Å². The molecule has 2 saturated carbocycles. The average Bonchev–Trinajstić information content (AvgIpc) is 2.59. The number of rotatable bonds is 0. The molecule has 0 saturated heterocycles. The normalized spacial score (nSPS) is 44.4. The summed E-state index contributed by atoms with van der Waals surface area (Å²) in [6.45, 7) is 8.96. The molecule has 0 nitrogen and oxygen atoms in total. The van der Waals surface area contributed by atoms with E-state index in [1.807, 2.05) is 0 Å². The van der Waals surface area contributed by atoms with Gasteiger partial charge in [0.2, 0.25) is 0 Å². The number of hydrogen-bond acceptors (Lipinski definition) is 0. The van der Waals surface area contributed by atoms with Crippen LogP contribution in [0.15, 0.2) is 0 Å². The van der Waals surface area contributed by atoms with E-state index in [0.717, 1.165) is 25.7 Å². The summed E-state index contributed by atoms with van der Waals surface area (Å²) in [7, 11) is 0. The Balaban J connectivity index is 2.05. The van der Waals surface area contributed by atoms with E-state index in [4.69, 9.17) is 0 Å². The Morgan fingerprint density at radius 2 is 1.33 bits per heavy atom. The highest BCUT2D eigenvalue weighted by Crippen LogP contribution is 2.70. The molecule has 1 spiro atoms. The van der Waals surface area contributed by atoms with E-state index in [0.29, 0.717) is 0 Å². The topological polar surface area (TPSA) is 0 Å². The summed E-state index contributed by atoms with van der Waals surface area (Å²) in [5.74, 6) is -2.34. The van der Waals surface area contributed by atoms with Crippen LogP contribution in [0.2, 0.25) is 0 Å². The second-order valence-electron chi connectivity index (χ2n) is 6.97. The Hall–Kier alpha value is -0.140. The van der Waals surface area contributed by atoms with Gasteiger partial charge in [0.1, 0.15) is 0 Å². The molecule has 0 aromatic rings. The van der Waals surface area contributed by atoms with E-state index >= 15 is 0 Å². The smallest absolute Gasteiger partial charge is 0.206 e. The second kappa shape index (κ2) is 2.75. The summed E-state index contributed by atoms with van der Waals surface area (Å²) >= 11 is 0. The third kappa shape index (κ3) is 1.52.